The lowest BCUT2D eigenvalue weighted by molar-refractivity contribution is -0.142. The summed E-state index contributed by atoms with van der Waals surface area (Å²) in [6.07, 6.45) is -8.55. The number of rotatable bonds is 6. The second-order valence-corrected chi connectivity index (χ2v) is 9.39. The molecule has 0 spiro atoms. The number of thiophene rings is 1. The van der Waals surface area contributed by atoms with E-state index in [1.54, 1.807) is 0 Å². The molecule has 0 unspecified atom stereocenters. The Balaban J connectivity index is 1.61. The molecule has 1 aliphatic carbocycles. The van der Waals surface area contributed by atoms with Crippen LogP contribution >= 0.6 is 22.9 Å². The third-order valence-corrected chi connectivity index (χ3v) is 6.82. The van der Waals surface area contributed by atoms with Gasteiger partial charge in [0.1, 0.15) is 15.4 Å². The maximum Gasteiger partial charge on any atom is 0.436 e. The number of fused-ring (bicyclic) bond motifs is 1. The number of carbonyl (C=O) groups excluding carboxylic acids is 2. The first-order valence-electron chi connectivity index (χ1n) is 10.1. The van der Waals surface area contributed by atoms with Crippen molar-refractivity contribution in [3.05, 3.63) is 38.6 Å². The van der Waals surface area contributed by atoms with E-state index in [1.165, 1.54) is 6.92 Å². The number of amides is 2. The average Bonchev–Trinajstić information content (AvgIpc) is 3.40. The minimum Gasteiger partial charge on any atom is -0.365 e. The highest BCUT2D eigenvalue weighted by Gasteiger charge is 2.42. The van der Waals surface area contributed by atoms with E-state index in [2.05, 4.69) is 15.4 Å². The third-order valence-electron chi connectivity index (χ3n) is 5.35. The van der Waals surface area contributed by atoms with Crippen molar-refractivity contribution in [2.75, 3.05) is 5.32 Å². The highest BCUT2D eigenvalue weighted by atomic mass is 35.5. The molecule has 188 valence electrons. The van der Waals surface area contributed by atoms with E-state index >= 15 is 0 Å². The molecule has 1 aliphatic rings. The van der Waals surface area contributed by atoms with Crippen molar-refractivity contribution in [1.82, 2.24) is 14.8 Å². The summed E-state index contributed by atoms with van der Waals surface area (Å²) in [5.74, 6) is -1.89. The largest absolute Gasteiger partial charge is 0.436 e. The topological polar surface area (TPSA) is 103 Å². The van der Waals surface area contributed by atoms with Gasteiger partial charge >= 0.3 is 12.4 Å². The van der Waals surface area contributed by atoms with Crippen LogP contribution < -0.4 is 11.1 Å². The quantitative estimate of drug-likeness (QED) is 0.404. The van der Waals surface area contributed by atoms with Gasteiger partial charge in [0.2, 0.25) is 5.91 Å². The Bertz CT molecular complexity index is 1340. The van der Waals surface area contributed by atoms with E-state index in [1.807, 2.05) is 0 Å². The number of hydrogen-bond donors (Lipinski definition) is 2. The summed E-state index contributed by atoms with van der Waals surface area (Å²) in [5.41, 5.74) is 3.15. The molecule has 3 aromatic rings. The molecule has 0 radical (unpaired) electrons. The zero-order chi connectivity index (χ0) is 25.9. The number of primary amides is 1. The lowest BCUT2D eigenvalue weighted by Gasteiger charge is -2.10. The van der Waals surface area contributed by atoms with Crippen LogP contribution in [0.4, 0.5) is 32.0 Å². The summed E-state index contributed by atoms with van der Waals surface area (Å²) in [6.45, 7) is 1.12. The van der Waals surface area contributed by atoms with Crippen molar-refractivity contribution < 1.29 is 35.9 Å². The van der Waals surface area contributed by atoms with Crippen molar-refractivity contribution >= 4 is 50.7 Å². The van der Waals surface area contributed by atoms with Crippen LogP contribution in [0.15, 0.2) is 6.07 Å². The van der Waals surface area contributed by atoms with E-state index in [4.69, 9.17) is 17.3 Å². The van der Waals surface area contributed by atoms with Gasteiger partial charge in [0.05, 0.1) is 22.9 Å². The van der Waals surface area contributed by atoms with Gasteiger partial charge < -0.3 is 11.1 Å². The second kappa shape index (κ2) is 8.66. The fourth-order valence-electron chi connectivity index (χ4n) is 3.68. The molecule has 1 saturated carbocycles. The first-order valence-corrected chi connectivity index (χ1v) is 11.3. The summed E-state index contributed by atoms with van der Waals surface area (Å²) in [5, 5.41) is 5.62. The Morgan fingerprint density at radius 3 is 2.43 bits per heavy atom. The van der Waals surface area contributed by atoms with E-state index in [9.17, 15) is 35.9 Å². The van der Waals surface area contributed by atoms with Gasteiger partial charge in [0.25, 0.3) is 5.91 Å². The number of pyridine rings is 1. The van der Waals surface area contributed by atoms with Crippen molar-refractivity contribution in [1.29, 1.82) is 0 Å². The zero-order valence-electron chi connectivity index (χ0n) is 17.8. The standard InChI is InChI=1S/C20H16ClF6N5O2S/c1-7-6-9(19(22,23)24)29-18-11(7)13(15(35-18)17(28)34)30-10(33)4-5-32-14(8-2-3-8)12(21)16(31-32)20(25,26)27/h6,8H,2-5H2,1H3,(H2,28,34)(H,30,33). The number of aromatic nitrogens is 3. The number of alkyl halides is 6. The van der Waals surface area contributed by atoms with Gasteiger partial charge in [-0.15, -0.1) is 11.3 Å². The van der Waals surface area contributed by atoms with Gasteiger partial charge in [-0.1, -0.05) is 11.6 Å². The SMILES string of the molecule is Cc1cc(C(F)(F)F)nc2sc(C(N)=O)c(NC(=O)CCn3nc(C(F)(F)F)c(Cl)c3C3CC3)c12. The molecule has 3 heterocycles. The number of halogens is 7. The third kappa shape index (κ3) is 4.94. The zero-order valence-corrected chi connectivity index (χ0v) is 19.3. The average molecular weight is 540 g/mol. The predicted molar refractivity (Wildman–Crippen MR) is 115 cm³/mol. The summed E-state index contributed by atoms with van der Waals surface area (Å²) < 4.78 is 80.1. The van der Waals surface area contributed by atoms with Crippen molar-refractivity contribution in [2.45, 2.75) is 51.0 Å². The molecule has 15 heteroatoms. The van der Waals surface area contributed by atoms with Crippen LogP contribution in [0.5, 0.6) is 0 Å². The summed E-state index contributed by atoms with van der Waals surface area (Å²) in [7, 11) is 0. The molecule has 35 heavy (non-hydrogen) atoms. The summed E-state index contributed by atoms with van der Waals surface area (Å²) >= 11 is 6.52. The predicted octanol–water partition coefficient (Wildman–Crippen LogP) is 5.50. The van der Waals surface area contributed by atoms with E-state index < -0.39 is 40.6 Å². The second-order valence-electron chi connectivity index (χ2n) is 8.01. The van der Waals surface area contributed by atoms with Gasteiger partial charge in [-0.25, -0.2) is 4.98 Å². The molecular formula is C20H16ClF6N5O2S. The molecule has 1 fully saturated rings. The fraction of sp³-hybridized carbons (Fsp3) is 0.400. The smallest absolute Gasteiger partial charge is 0.365 e. The molecular weight excluding hydrogens is 524 g/mol. The Morgan fingerprint density at radius 2 is 1.89 bits per heavy atom. The minimum absolute atomic E-state index is 0.0990. The van der Waals surface area contributed by atoms with Crippen LogP contribution in [0.25, 0.3) is 10.2 Å². The van der Waals surface area contributed by atoms with Crippen molar-refractivity contribution in [2.24, 2.45) is 5.73 Å². The molecule has 0 bridgehead atoms. The van der Waals surface area contributed by atoms with Gasteiger partial charge in [-0.3, -0.25) is 14.3 Å². The van der Waals surface area contributed by atoms with Crippen LogP contribution in [0.2, 0.25) is 5.02 Å². The monoisotopic (exact) mass is 539 g/mol. The first-order chi connectivity index (χ1) is 16.2. The summed E-state index contributed by atoms with van der Waals surface area (Å²) in [6, 6.07) is 0.780. The Labute approximate surface area is 202 Å². The number of nitrogens with zero attached hydrogens (tertiary/aromatic N) is 3. The van der Waals surface area contributed by atoms with Crippen LogP contribution in [0.1, 0.15) is 57.5 Å². The van der Waals surface area contributed by atoms with Crippen molar-refractivity contribution in [3.8, 4) is 0 Å². The Kier molecular flexibility index (Phi) is 6.24. The molecule has 3 N–H and O–H groups in total. The molecule has 2 amide bonds. The number of aryl methyl sites for hydroxylation is 2. The van der Waals surface area contributed by atoms with Crippen LogP contribution in [-0.4, -0.2) is 26.6 Å². The van der Waals surface area contributed by atoms with Gasteiger partial charge in [-0.05, 0) is 31.4 Å². The number of hydrogen-bond acceptors (Lipinski definition) is 5. The van der Waals surface area contributed by atoms with Crippen molar-refractivity contribution in [3.63, 3.8) is 0 Å². The summed E-state index contributed by atoms with van der Waals surface area (Å²) in [4.78, 5) is 27.8. The molecule has 3 aromatic heterocycles. The number of nitrogens with one attached hydrogen (secondary N) is 1. The molecule has 0 aliphatic heterocycles. The highest BCUT2D eigenvalue weighted by molar-refractivity contribution is 7.21. The first kappa shape index (κ1) is 25.2. The van der Waals surface area contributed by atoms with Crippen LogP contribution in [0, 0.1) is 6.92 Å². The van der Waals surface area contributed by atoms with Crippen LogP contribution in [-0.2, 0) is 23.7 Å². The number of carbonyl (C=O) groups is 2. The normalized spacial score (nSPS) is 14.5. The van der Waals surface area contributed by atoms with E-state index in [-0.39, 0.29) is 50.9 Å². The van der Waals surface area contributed by atoms with Gasteiger partial charge in [0.15, 0.2) is 5.69 Å². The highest BCUT2D eigenvalue weighted by Crippen LogP contribution is 2.47. The van der Waals surface area contributed by atoms with Gasteiger partial charge in [0, 0.05) is 17.7 Å². The Hall–Kier alpha value is -2.87. The number of nitrogens with two attached hydrogens (primary N) is 1. The maximum absolute atomic E-state index is 13.2. The van der Waals surface area contributed by atoms with E-state index in [0.717, 1.165) is 10.7 Å². The van der Waals surface area contributed by atoms with Crippen LogP contribution in [0.3, 0.4) is 0 Å². The molecule has 0 atom stereocenters. The minimum atomic E-state index is -4.76. The molecule has 0 saturated heterocycles. The van der Waals surface area contributed by atoms with E-state index in [0.29, 0.717) is 24.2 Å². The Morgan fingerprint density at radius 1 is 1.23 bits per heavy atom. The lowest BCUT2D eigenvalue weighted by atomic mass is 10.1. The fourth-order valence-corrected chi connectivity index (χ4v) is 5.14. The molecule has 0 aromatic carbocycles. The molecule has 7 nitrogen and oxygen atoms in total. The maximum atomic E-state index is 13.2. The molecule has 4 rings (SSSR count). The number of anilines is 1. The van der Waals surface area contributed by atoms with Gasteiger partial charge in [-0.2, -0.15) is 31.4 Å². The lowest BCUT2D eigenvalue weighted by Crippen LogP contribution is -2.19.